The molecule has 2 saturated carbocycles. The number of aliphatic hydroxyl groups is 1. The summed E-state index contributed by atoms with van der Waals surface area (Å²) in [6, 6.07) is 11.4. The van der Waals surface area contributed by atoms with Crippen molar-refractivity contribution in [3.8, 4) is 0 Å². The van der Waals surface area contributed by atoms with Gasteiger partial charge in [-0.1, -0.05) is 30.3 Å². The summed E-state index contributed by atoms with van der Waals surface area (Å²) in [6.45, 7) is 0.298. The van der Waals surface area contributed by atoms with Gasteiger partial charge in [0, 0.05) is 22.6 Å². The maximum Gasteiger partial charge on any atom is 0.0613 e. The smallest absolute Gasteiger partial charge is 0.0613 e. The van der Waals surface area contributed by atoms with Crippen LogP contribution in [0.5, 0.6) is 0 Å². The van der Waals surface area contributed by atoms with Crippen molar-refractivity contribution in [2.45, 2.75) is 54.7 Å². The van der Waals surface area contributed by atoms with Gasteiger partial charge in [-0.2, -0.15) is 11.8 Å². The quantitative estimate of drug-likeness (QED) is 0.838. The van der Waals surface area contributed by atoms with Crippen molar-refractivity contribution in [1.29, 1.82) is 0 Å². The van der Waals surface area contributed by atoms with Gasteiger partial charge < -0.3 is 10.4 Å². The highest BCUT2D eigenvalue weighted by Crippen LogP contribution is 2.40. The van der Waals surface area contributed by atoms with E-state index in [1.165, 1.54) is 24.8 Å². The van der Waals surface area contributed by atoms with Crippen LogP contribution in [-0.2, 0) is 5.75 Å². The minimum atomic E-state index is 0.0233. The Kier molecular flexibility index (Phi) is 4.15. The first-order chi connectivity index (χ1) is 9.30. The SMILES string of the molecule is OCC1(NC2CC2)CCC(SCc2ccccc2)C1. The summed E-state index contributed by atoms with van der Waals surface area (Å²) in [6.07, 6.45) is 6.08. The second kappa shape index (κ2) is 5.86. The van der Waals surface area contributed by atoms with E-state index in [0.717, 1.165) is 18.6 Å². The minimum absolute atomic E-state index is 0.0233. The fourth-order valence-electron chi connectivity index (χ4n) is 2.99. The molecule has 1 aromatic carbocycles. The highest BCUT2D eigenvalue weighted by Gasteiger charge is 2.41. The predicted molar refractivity (Wildman–Crippen MR) is 81.4 cm³/mol. The molecular formula is C16H23NOS. The van der Waals surface area contributed by atoms with Gasteiger partial charge in [0.2, 0.25) is 0 Å². The third-order valence-corrected chi connectivity index (χ3v) is 5.66. The van der Waals surface area contributed by atoms with Crippen LogP contribution >= 0.6 is 11.8 Å². The van der Waals surface area contributed by atoms with Crippen molar-refractivity contribution in [3.63, 3.8) is 0 Å². The van der Waals surface area contributed by atoms with Gasteiger partial charge >= 0.3 is 0 Å². The molecule has 3 heteroatoms. The molecule has 2 atom stereocenters. The second-order valence-corrected chi connectivity index (χ2v) is 7.31. The molecule has 1 aromatic rings. The zero-order chi connectivity index (χ0) is 13.1. The van der Waals surface area contributed by atoms with Gasteiger partial charge in [0.25, 0.3) is 0 Å². The van der Waals surface area contributed by atoms with E-state index in [1.807, 2.05) is 0 Å². The maximum atomic E-state index is 9.72. The van der Waals surface area contributed by atoms with E-state index in [-0.39, 0.29) is 5.54 Å². The van der Waals surface area contributed by atoms with Crippen molar-refractivity contribution in [3.05, 3.63) is 35.9 Å². The summed E-state index contributed by atoms with van der Waals surface area (Å²) < 4.78 is 0. The molecule has 0 aliphatic heterocycles. The second-order valence-electron chi connectivity index (χ2n) is 6.02. The Morgan fingerprint density at radius 3 is 2.68 bits per heavy atom. The Morgan fingerprint density at radius 2 is 2.00 bits per heavy atom. The van der Waals surface area contributed by atoms with E-state index < -0.39 is 0 Å². The average molecular weight is 277 g/mol. The van der Waals surface area contributed by atoms with E-state index in [9.17, 15) is 5.11 Å². The lowest BCUT2D eigenvalue weighted by atomic mass is 9.99. The van der Waals surface area contributed by atoms with Gasteiger partial charge in [-0.3, -0.25) is 0 Å². The van der Waals surface area contributed by atoms with Crippen molar-refractivity contribution >= 4 is 11.8 Å². The van der Waals surface area contributed by atoms with E-state index in [0.29, 0.717) is 17.9 Å². The van der Waals surface area contributed by atoms with Crippen LogP contribution in [0.3, 0.4) is 0 Å². The van der Waals surface area contributed by atoms with E-state index in [1.54, 1.807) is 0 Å². The Labute approximate surface area is 120 Å². The van der Waals surface area contributed by atoms with Crippen molar-refractivity contribution in [1.82, 2.24) is 5.32 Å². The Hall–Kier alpha value is -0.510. The summed E-state index contributed by atoms with van der Waals surface area (Å²) >= 11 is 2.05. The zero-order valence-electron chi connectivity index (χ0n) is 11.3. The fraction of sp³-hybridized carbons (Fsp3) is 0.625. The molecule has 0 heterocycles. The average Bonchev–Trinajstić information content (AvgIpc) is 3.17. The number of nitrogens with one attached hydrogen (secondary N) is 1. The van der Waals surface area contributed by atoms with Crippen LogP contribution in [0.2, 0.25) is 0 Å². The van der Waals surface area contributed by atoms with Crippen molar-refractivity contribution < 1.29 is 5.11 Å². The van der Waals surface area contributed by atoms with Crippen LogP contribution in [0.4, 0.5) is 0 Å². The lowest BCUT2D eigenvalue weighted by Crippen LogP contribution is -2.47. The summed E-state index contributed by atoms with van der Waals surface area (Å²) in [5.41, 5.74) is 1.43. The first-order valence-corrected chi connectivity index (χ1v) is 8.39. The molecule has 2 unspecified atom stereocenters. The van der Waals surface area contributed by atoms with Gasteiger partial charge in [-0.15, -0.1) is 0 Å². The first-order valence-electron chi connectivity index (χ1n) is 7.34. The van der Waals surface area contributed by atoms with Crippen LogP contribution in [0, 0.1) is 0 Å². The highest BCUT2D eigenvalue weighted by atomic mass is 32.2. The zero-order valence-corrected chi connectivity index (χ0v) is 12.2. The molecular weight excluding hydrogens is 254 g/mol. The van der Waals surface area contributed by atoms with Gasteiger partial charge in [0.15, 0.2) is 0 Å². The molecule has 0 spiro atoms. The molecule has 0 radical (unpaired) electrons. The first kappa shape index (κ1) is 13.5. The topological polar surface area (TPSA) is 32.3 Å². The Morgan fingerprint density at radius 1 is 1.21 bits per heavy atom. The standard InChI is InChI=1S/C16H23NOS/c18-12-16(17-14-6-7-14)9-8-15(10-16)19-11-13-4-2-1-3-5-13/h1-5,14-15,17-18H,6-12H2. The van der Waals surface area contributed by atoms with Crippen LogP contribution < -0.4 is 5.32 Å². The maximum absolute atomic E-state index is 9.72. The molecule has 0 aromatic heterocycles. The molecule has 3 rings (SSSR count). The van der Waals surface area contributed by atoms with E-state index in [4.69, 9.17) is 0 Å². The van der Waals surface area contributed by atoms with Crippen LogP contribution in [0.15, 0.2) is 30.3 Å². The number of aliphatic hydroxyl groups excluding tert-OH is 1. The molecule has 2 fully saturated rings. The molecule has 104 valence electrons. The molecule has 2 nitrogen and oxygen atoms in total. The van der Waals surface area contributed by atoms with Gasteiger partial charge in [0.1, 0.15) is 0 Å². The largest absolute Gasteiger partial charge is 0.394 e. The van der Waals surface area contributed by atoms with Gasteiger partial charge in [-0.05, 0) is 37.7 Å². The van der Waals surface area contributed by atoms with Crippen LogP contribution in [-0.4, -0.2) is 28.5 Å². The van der Waals surface area contributed by atoms with E-state index in [2.05, 4.69) is 47.4 Å². The molecule has 2 N–H and O–H groups in total. The number of benzene rings is 1. The Bertz CT molecular complexity index is 406. The molecule has 19 heavy (non-hydrogen) atoms. The van der Waals surface area contributed by atoms with Crippen molar-refractivity contribution in [2.75, 3.05) is 6.61 Å². The van der Waals surface area contributed by atoms with Gasteiger partial charge in [0.05, 0.1) is 6.61 Å². The van der Waals surface area contributed by atoms with Crippen molar-refractivity contribution in [2.24, 2.45) is 0 Å². The fourth-order valence-corrected chi connectivity index (χ4v) is 4.33. The monoisotopic (exact) mass is 277 g/mol. The lowest BCUT2D eigenvalue weighted by molar-refractivity contribution is 0.163. The van der Waals surface area contributed by atoms with Gasteiger partial charge in [-0.25, -0.2) is 0 Å². The third kappa shape index (κ3) is 3.53. The van der Waals surface area contributed by atoms with E-state index >= 15 is 0 Å². The van der Waals surface area contributed by atoms with Crippen LogP contribution in [0.25, 0.3) is 0 Å². The summed E-state index contributed by atoms with van der Waals surface area (Å²) in [4.78, 5) is 0. The molecule has 0 saturated heterocycles. The summed E-state index contributed by atoms with van der Waals surface area (Å²) in [5, 5.41) is 14.1. The number of hydrogen-bond donors (Lipinski definition) is 2. The normalized spacial score (nSPS) is 30.7. The molecule has 0 amide bonds. The number of rotatable bonds is 6. The summed E-state index contributed by atoms with van der Waals surface area (Å²) in [7, 11) is 0. The lowest BCUT2D eigenvalue weighted by Gasteiger charge is -2.28. The molecule has 0 bridgehead atoms. The minimum Gasteiger partial charge on any atom is -0.394 e. The predicted octanol–water partition coefficient (Wildman–Crippen LogP) is 2.96. The summed E-state index contributed by atoms with van der Waals surface area (Å²) in [5.74, 6) is 1.09. The molecule has 2 aliphatic rings. The highest BCUT2D eigenvalue weighted by molar-refractivity contribution is 7.99. The molecule has 2 aliphatic carbocycles. The third-order valence-electron chi connectivity index (χ3n) is 4.28. The number of thioether (sulfide) groups is 1. The van der Waals surface area contributed by atoms with Crippen LogP contribution in [0.1, 0.15) is 37.7 Å². The Balaban J connectivity index is 1.50. The number of hydrogen-bond acceptors (Lipinski definition) is 3.